The summed E-state index contributed by atoms with van der Waals surface area (Å²) in [5.74, 6) is 0. The normalized spacial score (nSPS) is 17.4. The van der Waals surface area contributed by atoms with E-state index in [9.17, 15) is 0 Å². The van der Waals surface area contributed by atoms with Crippen molar-refractivity contribution in [3.05, 3.63) is 0 Å². The maximum absolute atomic E-state index is 3.34. The average Bonchev–Trinajstić information content (AvgIpc) is 2.42. The minimum Gasteiger partial charge on any atom is -0.317 e. The molecule has 1 rings (SSSR count). The third kappa shape index (κ3) is 14.4. The Balaban J connectivity index is 0.000000388. The number of hydrogen-bond acceptors (Lipinski definition) is 1. The van der Waals surface area contributed by atoms with Crippen molar-refractivity contribution in [2.24, 2.45) is 5.41 Å². The lowest BCUT2D eigenvalue weighted by atomic mass is 9.83. The molecule has 0 spiro atoms. The molecule has 0 bridgehead atoms. The highest BCUT2D eigenvalue weighted by Crippen LogP contribution is 2.25. The van der Waals surface area contributed by atoms with Crippen molar-refractivity contribution in [2.45, 2.75) is 105 Å². The first-order valence-electron chi connectivity index (χ1n) is 9.33. The highest BCUT2D eigenvalue weighted by Gasteiger charge is 2.19. The van der Waals surface area contributed by atoms with Crippen LogP contribution in [0.25, 0.3) is 0 Å². The molecule has 0 aliphatic carbocycles. The van der Waals surface area contributed by atoms with Gasteiger partial charge in [0.25, 0.3) is 0 Å². The van der Waals surface area contributed by atoms with Crippen LogP contribution in [0, 0.1) is 5.41 Å². The van der Waals surface area contributed by atoms with Gasteiger partial charge in [0, 0.05) is 0 Å². The van der Waals surface area contributed by atoms with Crippen LogP contribution in [-0.4, -0.2) is 13.1 Å². The van der Waals surface area contributed by atoms with Crippen LogP contribution in [0.5, 0.6) is 0 Å². The molecule has 1 N–H and O–H groups in total. The van der Waals surface area contributed by atoms with Crippen LogP contribution < -0.4 is 5.32 Å². The highest BCUT2D eigenvalue weighted by molar-refractivity contribution is 4.75. The molecule has 0 amide bonds. The fourth-order valence-corrected chi connectivity index (χ4v) is 2.66. The summed E-state index contributed by atoms with van der Waals surface area (Å²) in [5.41, 5.74) is 0.616. The Hall–Kier alpha value is -0.0400. The Morgan fingerprint density at radius 2 is 1.00 bits per heavy atom. The van der Waals surface area contributed by atoms with E-state index in [1.54, 1.807) is 0 Å². The molecule has 1 saturated heterocycles. The summed E-state index contributed by atoms with van der Waals surface area (Å²) >= 11 is 0. The summed E-state index contributed by atoms with van der Waals surface area (Å²) in [5, 5.41) is 3.34. The molecule has 0 atom stereocenters. The molecule has 1 heterocycles. The topological polar surface area (TPSA) is 12.0 Å². The Bertz CT molecular complexity index is 168. The zero-order valence-electron chi connectivity index (χ0n) is 14.9. The molecule has 1 heteroatoms. The van der Waals surface area contributed by atoms with Gasteiger partial charge in [-0.2, -0.15) is 0 Å². The second kappa shape index (κ2) is 13.9. The second-order valence-corrected chi connectivity index (χ2v) is 7.24. The van der Waals surface area contributed by atoms with Gasteiger partial charge in [0.15, 0.2) is 0 Å². The van der Waals surface area contributed by atoms with Gasteiger partial charge in [-0.25, -0.2) is 0 Å². The number of hydrogen-bond donors (Lipinski definition) is 1. The highest BCUT2D eigenvalue weighted by atomic mass is 14.9. The van der Waals surface area contributed by atoms with E-state index in [2.05, 4.69) is 33.0 Å². The zero-order valence-corrected chi connectivity index (χ0v) is 14.9. The summed E-state index contributed by atoms with van der Waals surface area (Å²) in [6, 6.07) is 0. The third-order valence-corrected chi connectivity index (χ3v) is 4.41. The summed E-state index contributed by atoms with van der Waals surface area (Å²) < 4.78 is 0. The van der Waals surface area contributed by atoms with Crippen LogP contribution in [-0.2, 0) is 0 Å². The summed E-state index contributed by atoms with van der Waals surface area (Å²) in [7, 11) is 0. The first-order chi connectivity index (χ1) is 9.62. The van der Waals surface area contributed by atoms with Gasteiger partial charge < -0.3 is 5.32 Å². The monoisotopic (exact) mass is 283 g/mol. The van der Waals surface area contributed by atoms with E-state index in [0.29, 0.717) is 5.41 Å². The van der Waals surface area contributed by atoms with Crippen molar-refractivity contribution < 1.29 is 0 Å². The second-order valence-electron chi connectivity index (χ2n) is 7.24. The Kier molecular flexibility index (Phi) is 13.9. The predicted molar refractivity (Wildman–Crippen MR) is 93.4 cm³/mol. The number of rotatable bonds is 9. The van der Waals surface area contributed by atoms with Gasteiger partial charge in [-0.05, 0) is 31.3 Å². The number of piperidine rings is 1. The lowest BCUT2D eigenvalue weighted by Crippen LogP contribution is -2.32. The van der Waals surface area contributed by atoms with Crippen molar-refractivity contribution in [3.8, 4) is 0 Å². The quantitative estimate of drug-likeness (QED) is 0.488. The van der Waals surface area contributed by atoms with Crippen molar-refractivity contribution >= 4 is 0 Å². The molecule has 122 valence electrons. The van der Waals surface area contributed by atoms with E-state index in [-0.39, 0.29) is 0 Å². The molecule has 1 aliphatic heterocycles. The molecule has 1 fully saturated rings. The Labute approximate surface area is 129 Å². The molecular weight excluding hydrogens is 242 g/mol. The van der Waals surface area contributed by atoms with Gasteiger partial charge >= 0.3 is 0 Å². The molecule has 0 aromatic heterocycles. The van der Waals surface area contributed by atoms with Crippen molar-refractivity contribution in [3.63, 3.8) is 0 Å². The number of unbranched alkanes of at least 4 members (excludes halogenated alkanes) is 9. The zero-order chi connectivity index (χ0) is 15.1. The maximum Gasteiger partial charge on any atom is -0.00438 e. The molecule has 0 radical (unpaired) electrons. The van der Waals surface area contributed by atoms with Gasteiger partial charge in [0.05, 0.1) is 0 Å². The SMILES string of the molecule is CC1(C)CCNCC1.CCCCCCCCCCCC. The molecule has 0 unspecified atom stereocenters. The molecular formula is C19H41N. The van der Waals surface area contributed by atoms with Crippen LogP contribution in [0.2, 0.25) is 0 Å². The molecule has 0 saturated carbocycles. The van der Waals surface area contributed by atoms with E-state index >= 15 is 0 Å². The lowest BCUT2D eigenvalue weighted by Gasteiger charge is -2.29. The van der Waals surface area contributed by atoms with Crippen LogP contribution >= 0.6 is 0 Å². The van der Waals surface area contributed by atoms with E-state index < -0.39 is 0 Å². The van der Waals surface area contributed by atoms with Crippen LogP contribution in [0.3, 0.4) is 0 Å². The molecule has 0 aromatic rings. The first-order valence-corrected chi connectivity index (χ1v) is 9.33. The molecule has 1 nitrogen and oxygen atoms in total. The van der Waals surface area contributed by atoms with Crippen molar-refractivity contribution in [1.82, 2.24) is 5.32 Å². The Morgan fingerprint density at radius 1 is 0.650 bits per heavy atom. The fourth-order valence-electron chi connectivity index (χ4n) is 2.66. The smallest absolute Gasteiger partial charge is 0.00438 e. The first kappa shape index (κ1) is 20.0. The third-order valence-electron chi connectivity index (χ3n) is 4.41. The standard InChI is InChI=1S/C12H26.C7H15N/c1-3-5-7-9-11-12-10-8-6-4-2;1-7(2)3-5-8-6-4-7/h3-12H2,1-2H3;8H,3-6H2,1-2H3. The largest absolute Gasteiger partial charge is 0.317 e. The Morgan fingerprint density at radius 3 is 1.25 bits per heavy atom. The van der Waals surface area contributed by atoms with E-state index in [1.165, 1.54) is 90.1 Å². The van der Waals surface area contributed by atoms with Crippen LogP contribution in [0.1, 0.15) is 105 Å². The number of nitrogens with one attached hydrogen (secondary N) is 1. The molecule has 20 heavy (non-hydrogen) atoms. The molecule has 1 aliphatic rings. The summed E-state index contributed by atoms with van der Waals surface area (Å²) in [6.45, 7) is 11.7. The lowest BCUT2D eigenvalue weighted by molar-refractivity contribution is 0.259. The van der Waals surface area contributed by atoms with Crippen molar-refractivity contribution in [1.29, 1.82) is 0 Å². The summed E-state index contributed by atoms with van der Waals surface area (Å²) in [6.07, 6.45) is 17.1. The van der Waals surface area contributed by atoms with Crippen LogP contribution in [0.4, 0.5) is 0 Å². The van der Waals surface area contributed by atoms with Crippen molar-refractivity contribution in [2.75, 3.05) is 13.1 Å². The van der Waals surface area contributed by atoms with Crippen LogP contribution in [0.15, 0.2) is 0 Å². The minimum atomic E-state index is 0.616. The summed E-state index contributed by atoms with van der Waals surface area (Å²) in [4.78, 5) is 0. The van der Waals surface area contributed by atoms with Gasteiger partial charge in [0.1, 0.15) is 0 Å². The maximum atomic E-state index is 3.34. The van der Waals surface area contributed by atoms with Gasteiger partial charge in [-0.3, -0.25) is 0 Å². The van der Waals surface area contributed by atoms with E-state index in [1.807, 2.05) is 0 Å². The molecule has 0 aromatic carbocycles. The van der Waals surface area contributed by atoms with Gasteiger partial charge in [0.2, 0.25) is 0 Å². The minimum absolute atomic E-state index is 0.616. The van der Waals surface area contributed by atoms with E-state index in [0.717, 1.165) is 0 Å². The van der Waals surface area contributed by atoms with E-state index in [4.69, 9.17) is 0 Å². The van der Waals surface area contributed by atoms with Gasteiger partial charge in [-0.15, -0.1) is 0 Å². The van der Waals surface area contributed by atoms with Gasteiger partial charge in [-0.1, -0.05) is 91.9 Å². The fraction of sp³-hybridized carbons (Fsp3) is 1.00. The predicted octanol–water partition coefficient (Wildman–Crippen LogP) is 6.32. The average molecular weight is 284 g/mol.